The van der Waals surface area contributed by atoms with E-state index in [9.17, 15) is 9.90 Å². The standard InChI is InChI=1S/C15H20O4/c1-2-10-8-9-12(19-15(17)18)14(16)13(10)11-6-4-3-5-7-11/h8-9,11,16H,2-7H2,1H3,(H,17,18). The van der Waals surface area contributed by atoms with Crippen molar-refractivity contribution in [3.8, 4) is 11.5 Å². The number of ether oxygens (including phenoxy) is 1. The molecule has 0 radical (unpaired) electrons. The summed E-state index contributed by atoms with van der Waals surface area (Å²) in [4.78, 5) is 10.6. The van der Waals surface area contributed by atoms with E-state index in [1.807, 2.05) is 13.0 Å². The van der Waals surface area contributed by atoms with Crippen LogP contribution in [0.2, 0.25) is 0 Å². The van der Waals surface area contributed by atoms with Gasteiger partial charge in [0.2, 0.25) is 0 Å². The molecule has 0 unspecified atom stereocenters. The zero-order valence-electron chi connectivity index (χ0n) is 11.2. The average molecular weight is 264 g/mol. The van der Waals surface area contributed by atoms with E-state index in [4.69, 9.17) is 5.11 Å². The molecule has 0 spiro atoms. The maximum Gasteiger partial charge on any atom is 0.511 e. The largest absolute Gasteiger partial charge is 0.511 e. The van der Waals surface area contributed by atoms with Gasteiger partial charge in [-0.15, -0.1) is 0 Å². The van der Waals surface area contributed by atoms with Crippen LogP contribution in [0.4, 0.5) is 4.79 Å². The molecule has 4 heteroatoms. The van der Waals surface area contributed by atoms with Crippen molar-refractivity contribution in [2.24, 2.45) is 0 Å². The maximum absolute atomic E-state index is 10.6. The Morgan fingerprint density at radius 3 is 2.58 bits per heavy atom. The first-order valence-electron chi connectivity index (χ1n) is 6.89. The van der Waals surface area contributed by atoms with Gasteiger partial charge in [0.1, 0.15) is 0 Å². The van der Waals surface area contributed by atoms with Gasteiger partial charge in [-0.1, -0.05) is 32.3 Å². The lowest BCUT2D eigenvalue weighted by molar-refractivity contribution is 0.142. The normalized spacial score (nSPS) is 16.3. The third kappa shape index (κ3) is 3.00. The van der Waals surface area contributed by atoms with Gasteiger partial charge in [0, 0.05) is 5.56 Å². The van der Waals surface area contributed by atoms with E-state index in [-0.39, 0.29) is 11.5 Å². The minimum Gasteiger partial charge on any atom is -0.504 e. The molecule has 0 aromatic heterocycles. The molecule has 1 aliphatic rings. The van der Waals surface area contributed by atoms with Crippen LogP contribution < -0.4 is 4.74 Å². The highest BCUT2D eigenvalue weighted by molar-refractivity contribution is 5.64. The quantitative estimate of drug-likeness (QED) is 0.638. The van der Waals surface area contributed by atoms with Crippen molar-refractivity contribution in [3.63, 3.8) is 0 Å². The van der Waals surface area contributed by atoms with Crippen LogP contribution in [0.5, 0.6) is 11.5 Å². The summed E-state index contributed by atoms with van der Waals surface area (Å²) in [5, 5.41) is 19.0. The van der Waals surface area contributed by atoms with Gasteiger partial charge in [0.25, 0.3) is 0 Å². The molecule has 0 bridgehead atoms. The molecule has 4 nitrogen and oxygen atoms in total. The molecule has 2 rings (SSSR count). The van der Waals surface area contributed by atoms with E-state index in [0.29, 0.717) is 5.92 Å². The molecular formula is C15H20O4. The molecule has 0 atom stereocenters. The van der Waals surface area contributed by atoms with Gasteiger partial charge >= 0.3 is 6.16 Å². The monoisotopic (exact) mass is 264 g/mol. The molecule has 1 aromatic rings. The Morgan fingerprint density at radius 2 is 2.00 bits per heavy atom. The minimum absolute atomic E-state index is 0.00801. The van der Waals surface area contributed by atoms with E-state index >= 15 is 0 Å². The fraction of sp³-hybridized carbons (Fsp3) is 0.533. The first-order chi connectivity index (χ1) is 9.13. The fourth-order valence-electron chi connectivity index (χ4n) is 2.96. The summed E-state index contributed by atoms with van der Waals surface area (Å²) >= 11 is 0. The van der Waals surface area contributed by atoms with Gasteiger partial charge in [-0.2, -0.15) is 0 Å². The highest BCUT2D eigenvalue weighted by Crippen LogP contribution is 2.43. The summed E-state index contributed by atoms with van der Waals surface area (Å²) in [7, 11) is 0. The number of benzene rings is 1. The number of rotatable bonds is 3. The summed E-state index contributed by atoms with van der Waals surface area (Å²) in [6.07, 6.45) is 5.11. The number of phenols is 1. The molecule has 1 aliphatic carbocycles. The maximum atomic E-state index is 10.6. The van der Waals surface area contributed by atoms with Gasteiger partial charge in [0.05, 0.1) is 0 Å². The molecule has 1 saturated carbocycles. The van der Waals surface area contributed by atoms with Gasteiger partial charge in [-0.3, -0.25) is 0 Å². The molecule has 1 aromatic carbocycles. The van der Waals surface area contributed by atoms with Crippen LogP contribution in [-0.4, -0.2) is 16.4 Å². The smallest absolute Gasteiger partial charge is 0.504 e. The van der Waals surface area contributed by atoms with E-state index in [2.05, 4.69) is 4.74 Å². The van der Waals surface area contributed by atoms with Crippen molar-refractivity contribution in [2.75, 3.05) is 0 Å². The summed E-state index contributed by atoms with van der Waals surface area (Å²) in [5.41, 5.74) is 1.98. The lowest BCUT2D eigenvalue weighted by atomic mass is 9.81. The van der Waals surface area contributed by atoms with Crippen LogP contribution in [0.25, 0.3) is 0 Å². The lowest BCUT2D eigenvalue weighted by Crippen LogP contribution is -2.10. The van der Waals surface area contributed by atoms with Crippen LogP contribution in [0.15, 0.2) is 12.1 Å². The first kappa shape index (κ1) is 13.7. The molecule has 19 heavy (non-hydrogen) atoms. The van der Waals surface area contributed by atoms with Crippen LogP contribution in [0.3, 0.4) is 0 Å². The topological polar surface area (TPSA) is 66.8 Å². The molecule has 0 saturated heterocycles. The van der Waals surface area contributed by atoms with Gasteiger partial charge in [-0.25, -0.2) is 4.79 Å². The molecular weight excluding hydrogens is 244 g/mol. The van der Waals surface area contributed by atoms with Crippen LogP contribution in [0, 0.1) is 0 Å². The second-order valence-corrected chi connectivity index (χ2v) is 5.04. The Morgan fingerprint density at radius 1 is 1.32 bits per heavy atom. The summed E-state index contributed by atoms with van der Waals surface area (Å²) in [5.74, 6) is 0.375. The Labute approximate surface area is 113 Å². The van der Waals surface area contributed by atoms with E-state index < -0.39 is 6.16 Å². The van der Waals surface area contributed by atoms with Crippen molar-refractivity contribution < 1.29 is 19.7 Å². The van der Waals surface area contributed by atoms with E-state index in [1.165, 1.54) is 12.5 Å². The van der Waals surface area contributed by atoms with Crippen molar-refractivity contribution in [2.45, 2.75) is 51.4 Å². The second-order valence-electron chi connectivity index (χ2n) is 5.04. The number of aryl methyl sites for hydroxylation is 1. The first-order valence-corrected chi connectivity index (χ1v) is 6.89. The van der Waals surface area contributed by atoms with Gasteiger partial charge in [0.15, 0.2) is 11.5 Å². The van der Waals surface area contributed by atoms with Crippen LogP contribution in [-0.2, 0) is 6.42 Å². The highest BCUT2D eigenvalue weighted by atomic mass is 16.7. The Kier molecular flexibility index (Phi) is 4.30. The SMILES string of the molecule is CCc1ccc(OC(=O)O)c(O)c1C1CCCCC1. The third-order valence-corrected chi connectivity index (χ3v) is 3.86. The predicted octanol–water partition coefficient (Wildman–Crippen LogP) is 4.06. The Balaban J connectivity index is 2.39. The second kappa shape index (κ2) is 5.95. The van der Waals surface area contributed by atoms with Crippen molar-refractivity contribution in [1.29, 1.82) is 0 Å². The minimum atomic E-state index is -1.39. The molecule has 0 aliphatic heterocycles. The number of phenolic OH excluding ortho intramolecular Hbond substituents is 1. The number of hydrogen-bond donors (Lipinski definition) is 2. The summed E-state index contributed by atoms with van der Waals surface area (Å²) in [6.45, 7) is 2.04. The highest BCUT2D eigenvalue weighted by Gasteiger charge is 2.24. The number of carboxylic acid groups (broad SMARTS) is 1. The summed E-state index contributed by atoms with van der Waals surface area (Å²) < 4.78 is 4.64. The number of hydrogen-bond acceptors (Lipinski definition) is 3. The number of carbonyl (C=O) groups is 1. The van der Waals surface area contributed by atoms with Crippen molar-refractivity contribution >= 4 is 6.16 Å². The zero-order chi connectivity index (χ0) is 13.8. The van der Waals surface area contributed by atoms with E-state index in [0.717, 1.165) is 43.2 Å². The van der Waals surface area contributed by atoms with Crippen molar-refractivity contribution in [3.05, 3.63) is 23.3 Å². The van der Waals surface area contributed by atoms with Crippen LogP contribution >= 0.6 is 0 Å². The predicted molar refractivity (Wildman–Crippen MR) is 72.0 cm³/mol. The molecule has 0 amide bonds. The van der Waals surface area contributed by atoms with Crippen molar-refractivity contribution in [1.82, 2.24) is 0 Å². The van der Waals surface area contributed by atoms with Gasteiger partial charge < -0.3 is 14.9 Å². The number of aromatic hydroxyl groups is 1. The fourth-order valence-corrected chi connectivity index (χ4v) is 2.96. The Hall–Kier alpha value is -1.71. The molecule has 1 fully saturated rings. The average Bonchev–Trinajstić information content (AvgIpc) is 2.41. The third-order valence-electron chi connectivity index (χ3n) is 3.86. The van der Waals surface area contributed by atoms with E-state index in [1.54, 1.807) is 0 Å². The van der Waals surface area contributed by atoms with Crippen LogP contribution in [0.1, 0.15) is 56.1 Å². The molecule has 2 N–H and O–H groups in total. The summed E-state index contributed by atoms with van der Waals surface area (Å²) in [6, 6.07) is 3.40. The Bertz CT molecular complexity index is 461. The zero-order valence-corrected chi connectivity index (χ0v) is 11.2. The molecule has 104 valence electrons. The van der Waals surface area contributed by atoms with Gasteiger partial charge in [-0.05, 0) is 36.8 Å². The molecule has 0 heterocycles. The lowest BCUT2D eigenvalue weighted by Gasteiger charge is -2.25.